The topological polar surface area (TPSA) is 74.6 Å². The van der Waals surface area contributed by atoms with Gasteiger partial charge in [-0.1, -0.05) is 69.7 Å². The lowest BCUT2D eigenvalue weighted by atomic mass is 9.61. The van der Waals surface area contributed by atoms with E-state index >= 15 is 0 Å². The van der Waals surface area contributed by atoms with Gasteiger partial charge in [-0.15, -0.1) is 0 Å². The van der Waals surface area contributed by atoms with Crippen LogP contribution in [0.2, 0.25) is 0 Å². The summed E-state index contributed by atoms with van der Waals surface area (Å²) in [6.45, 7) is 11.1. The SMILES string of the molecule is Cc1ccc(-c2cc(C(=O)C=Cc3ccc(C(=O)O)c(O)c3)cc3c2C(C)(C)CCC3(C)C)cc1. The van der Waals surface area contributed by atoms with Crippen LogP contribution in [-0.2, 0) is 10.8 Å². The summed E-state index contributed by atoms with van der Waals surface area (Å²) in [6.07, 6.45) is 5.21. The molecule has 35 heavy (non-hydrogen) atoms. The number of hydrogen-bond donors (Lipinski definition) is 2. The summed E-state index contributed by atoms with van der Waals surface area (Å²) < 4.78 is 0. The van der Waals surface area contributed by atoms with E-state index < -0.39 is 5.97 Å². The summed E-state index contributed by atoms with van der Waals surface area (Å²) in [5.74, 6) is -1.66. The van der Waals surface area contributed by atoms with Crippen LogP contribution in [0.25, 0.3) is 17.2 Å². The molecule has 0 bridgehead atoms. The van der Waals surface area contributed by atoms with Crippen molar-refractivity contribution in [3.05, 3.63) is 94.1 Å². The summed E-state index contributed by atoms with van der Waals surface area (Å²) in [4.78, 5) is 24.5. The minimum absolute atomic E-state index is 0.00803. The molecule has 3 aromatic rings. The Morgan fingerprint density at radius 2 is 1.54 bits per heavy atom. The van der Waals surface area contributed by atoms with Crippen LogP contribution >= 0.6 is 0 Å². The third-order valence-corrected chi connectivity index (χ3v) is 7.25. The monoisotopic (exact) mass is 468 g/mol. The molecule has 0 amide bonds. The molecule has 4 rings (SSSR count). The van der Waals surface area contributed by atoms with Gasteiger partial charge in [0, 0.05) is 5.56 Å². The second-order valence-corrected chi connectivity index (χ2v) is 10.9. The lowest BCUT2D eigenvalue weighted by Gasteiger charge is -2.43. The van der Waals surface area contributed by atoms with Crippen molar-refractivity contribution < 1.29 is 19.8 Å². The van der Waals surface area contributed by atoms with Crippen LogP contribution in [-0.4, -0.2) is 22.0 Å². The molecule has 0 saturated carbocycles. The summed E-state index contributed by atoms with van der Waals surface area (Å²) in [7, 11) is 0. The van der Waals surface area contributed by atoms with E-state index in [1.54, 1.807) is 12.1 Å². The van der Waals surface area contributed by atoms with Gasteiger partial charge in [0.05, 0.1) is 0 Å². The van der Waals surface area contributed by atoms with Gasteiger partial charge in [0.25, 0.3) is 0 Å². The number of aryl methyl sites for hydroxylation is 1. The van der Waals surface area contributed by atoms with Crippen molar-refractivity contribution in [2.75, 3.05) is 0 Å². The Labute approximate surface area is 207 Å². The molecule has 0 radical (unpaired) electrons. The van der Waals surface area contributed by atoms with Gasteiger partial charge < -0.3 is 10.2 Å². The fourth-order valence-electron chi connectivity index (χ4n) is 4.99. The number of carboxylic acid groups (broad SMARTS) is 1. The van der Waals surface area contributed by atoms with Gasteiger partial charge in [-0.25, -0.2) is 4.79 Å². The Morgan fingerprint density at radius 3 is 2.17 bits per heavy atom. The predicted molar refractivity (Wildman–Crippen MR) is 140 cm³/mol. The summed E-state index contributed by atoms with van der Waals surface area (Å²) >= 11 is 0. The van der Waals surface area contributed by atoms with E-state index in [4.69, 9.17) is 5.11 Å². The maximum atomic E-state index is 13.3. The molecule has 3 aromatic carbocycles. The van der Waals surface area contributed by atoms with E-state index in [1.807, 2.05) is 12.1 Å². The van der Waals surface area contributed by atoms with Crippen molar-refractivity contribution in [2.24, 2.45) is 0 Å². The van der Waals surface area contributed by atoms with Gasteiger partial charge in [0.2, 0.25) is 0 Å². The van der Waals surface area contributed by atoms with E-state index in [-0.39, 0.29) is 27.9 Å². The number of aromatic carboxylic acids is 1. The number of rotatable bonds is 5. The van der Waals surface area contributed by atoms with Crippen molar-refractivity contribution in [1.82, 2.24) is 0 Å². The standard InChI is InChI=1S/C31H32O4/c1-19-6-10-21(11-7-19)24-17-22(18-25-28(24)31(4,5)15-14-30(25,2)3)26(32)13-9-20-8-12-23(29(34)35)27(33)16-20/h6-13,16-18,33H,14-15H2,1-5H3,(H,34,35). The fraction of sp³-hybridized carbons (Fsp3) is 0.290. The van der Waals surface area contributed by atoms with Crippen LogP contribution in [0.1, 0.15) is 83.5 Å². The van der Waals surface area contributed by atoms with Gasteiger partial charge in [-0.3, -0.25) is 4.79 Å². The minimum Gasteiger partial charge on any atom is -0.507 e. The first-order valence-electron chi connectivity index (χ1n) is 11.9. The first kappa shape index (κ1) is 24.5. The molecule has 0 heterocycles. The number of carbonyl (C=O) groups is 2. The van der Waals surface area contributed by atoms with E-state index in [0.29, 0.717) is 11.1 Å². The Morgan fingerprint density at radius 1 is 0.886 bits per heavy atom. The molecule has 1 aliphatic rings. The van der Waals surface area contributed by atoms with Crippen molar-refractivity contribution in [1.29, 1.82) is 0 Å². The highest BCUT2D eigenvalue weighted by molar-refractivity contribution is 6.08. The highest BCUT2D eigenvalue weighted by Crippen LogP contribution is 2.50. The summed E-state index contributed by atoms with van der Waals surface area (Å²) in [6, 6.07) is 16.8. The average Bonchev–Trinajstić information content (AvgIpc) is 2.80. The molecule has 0 spiro atoms. The Bertz CT molecular complexity index is 1340. The van der Waals surface area contributed by atoms with Crippen LogP contribution in [0.3, 0.4) is 0 Å². The normalized spacial score (nSPS) is 16.1. The Kier molecular flexibility index (Phi) is 6.18. The van der Waals surface area contributed by atoms with E-state index in [1.165, 1.54) is 34.9 Å². The van der Waals surface area contributed by atoms with Gasteiger partial charge in [0.15, 0.2) is 5.78 Å². The summed E-state index contributed by atoms with van der Waals surface area (Å²) in [5.41, 5.74) is 6.86. The van der Waals surface area contributed by atoms with E-state index in [0.717, 1.165) is 24.0 Å². The first-order valence-corrected chi connectivity index (χ1v) is 11.9. The third kappa shape index (κ3) is 4.79. The molecule has 2 N–H and O–H groups in total. The molecule has 4 heteroatoms. The number of phenols is 1. The molecule has 0 unspecified atom stereocenters. The average molecular weight is 469 g/mol. The summed E-state index contributed by atoms with van der Waals surface area (Å²) in [5, 5.41) is 19.1. The van der Waals surface area contributed by atoms with Crippen molar-refractivity contribution in [3.8, 4) is 16.9 Å². The zero-order valence-electron chi connectivity index (χ0n) is 21.0. The molecule has 0 atom stereocenters. The van der Waals surface area contributed by atoms with Gasteiger partial charge in [-0.05, 0) is 88.8 Å². The number of fused-ring (bicyclic) bond motifs is 1. The number of hydrogen-bond acceptors (Lipinski definition) is 3. The zero-order chi connectivity index (χ0) is 25.5. The molecule has 4 nitrogen and oxygen atoms in total. The maximum Gasteiger partial charge on any atom is 0.339 e. The smallest absolute Gasteiger partial charge is 0.339 e. The highest BCUT2D eigenvalue weighted by Gasteiger charge is 2.39. The van der Waals surface area contributed by atoms with Gasteiger partial charge >= 0.3 is 5.97 Å². The molecule has 0 aromatic heterocycles. The second-order valence-electron chi connectivity index (χ2n) is 10.9. The number of ketones is 1. The predicted octanol–water partition coefficient (Wildman–Crippen LogP) is 7.31. The van der Waals surface area contributed by atoms with Crippen LogP contribution in [0.15, 0.2) is 60.7 Å². The molecule has 1 aliphatic carbocycles. The van der Waals surface area contributed by atoms with Crippen LogP contribution < -0.4 is 0 Å². The van der Waals surface area contributed by atoms with Gasteiger partial charge in [-0.2, -0.15) is 0 Å². The molecule has 0 fully saturated rings. The van der Waals surface area contributed by atoms with E-state index in [2.05, 4.69) is 58.9 Å². The molecule has 0 aliphatic heterocycles. The number of aromatic hydroxyl groups is 1. The molecular weight excluding hydrogens is 436 g/mol. The second kappa shape index (κ2) is 8.84. The molecule has 180 valence electrons. The Balaban J connectivity index is 1.81. The minimum atomic E-state index is -1.20. The maximum absolute atomic E-state index is 13.3. The van der Waals surface area contributed by atoms with Crippen LogP contribution in [0.5, 0.6) is 5.75 Å². The van der Waals surface area contributed by atoms with Crippen molar-refractivity contribution >= 4 is 17.8 Å². The van der Waals surface area contributed by atoms with Crippen LogP contribution in [0, 0.1) is 6.92 Å². The lowest BCUT2D eigenvalue weighted by molar-refractivity contribution is 0.0693. The van der Waals surface area contributed by atoms with Crippen molar-refractivity contribution in [2.45, 2.75) is 58.3 Å². The van der Waals surface area contributed by atoms with Crippen LogP contribution in [0.4, 0.5) is 0 Å². The largest absolute Gasteiger partial charge is 0.507 e. The molecular formula is C31H32O4. The first-order chi connectivity index (χ1) is 16.4. The quantitative estimate of drug-likeness (QED) is 0.304. The number of carbonyl (C=O) groups excluding carboxylic acids is 1. The van der Waals surface area contributed by atoms with Gasteiger partial charge in [0.1, 0.15) is 11.3 Å². The molecule has 0 saturated heterocycles. The zero-order valence-corrected chi connectivity index (χ0v) is 21.0. The number of allylic oxidation sites excluding steroid dienone is 1. The fourth-order valence-corrected chi connectivity index (χ4v) is 4.99. The lowest BCUT2D eigenvalue weighted by Crippen LogP contribution is -2.34. The number of carboxylic acids is 1. The van der Waals surface area contributed by atoms with Crippen molar-refractivity contribution in [3.63, 3.8) is 0 Å². The number of benzene rings is 3. The third-order valence-electron chi connectivity index (χ3n) is 7.25. The highest BCUT2D eigenvalue weighted by atomic mass is 16.4. The van der Waals surface area contributed by atoms with E-state index in [9.17, 15) is 14.7 Å². The Hall–Kier alpha value is -3.66.